The third-order valence-corrected chi connectivity index (χ3v) is 2.63. The monoisotopic (exact) mass is 248 g/mol. The fourth-order valence-corrected chi connectivity index (χ4v) is 1.57. The van der Waals surface area contributed by atoms with Crippen molar-refractivity contribution in [3.8, 4) is 0 Å². The smallest absolute Gasteiger partial charge is 0.107 e. The van der Waals surface area contributed by atoms with E-state index in [1.807, 2.05) is 17.1 Å². The fourth-order valence-electron chi connectivity index (χ4n) is 1.57. The van der Waals surface area contributed by atoms with Crippen molar-refractivity contribution in [3.63, 3.8) is 0 Å². The second kappa shape index (κ2) is 5.30. The van der Waals surface area contributed by atoms with Crippen LogP contribution in [0.1, 0.15) is 32.3 Å². The molecule has 0 aliphatic carbocycles. The summed E-state index contributed by atoms with van der Waals surface area (Å²) in [5.74, 6) is 1.00. The van der Waals surface area contributed by atoms with Gasteiger partial charge in [0.1, 0.15) is 5.82 Å². The first kappa shape index (κ1) is 12.8. The van der Waals surface area contributed by atoms with Crippen LogP contribution >= 0.6 is 0 Å². The van der Waals surface area contributed by atoms with Crippen LogP contribution < -0.4 is 5.32 Å². The van der Waals surface area contributed by atoms with Gasteiger partial charge in [-0.05, 0) is 20.8 Å². The van der Waals surface area contributed by atoms with Gasteiger partial charge in [0.15, 0.2) is 0 Å². The summed E-state index contributed by atoms with van der Waals surface area (Å²) in [6.07, 6.45) is 6.48. The van der Waals surface area contributed by atoms with Crippen LogP contribution in [0.4, 0.5) is 0 Å². The van der Waals surface area contributed by atoms with Crippen LogP contribution in [0.3, 0.4) is 0 Å². The van der Waals surface area contributed by atoms with E-state index in [4.69, 9.17) is 0 Å². The molecule has 2 aromatic rings. The van der Waals surface area contributed by atoms with E-state index in [1.54, 1.807) is 6.20 Å². The molecule has 6 heteroatoms. The Kier molecular flexibility index (Phi) is 3.76. The summed E-state index contributed by atoms with van der Waals surface area (Å²) in [5.41, 5.74) is 0.948. The predicted molar refractivity (Wildman–Crippen MR) is 69.0 cm³/mol. The van der Waals surface area contributed by atoms with Crippen LogP contribution in [0.15, 0.2) is 18.6 Å². The van der Waals surface area contributed by atoms with Crippen LogP contribution in [0.2, 0.25) is 0 Å². The van der Waals surface area contributed by atoms with E-state index >= 15 is 0 Å². The van der Waals surface area contributed by atoms with E-state index in [1.165, 1.54) is 0 Å². The zero-order valence-electron chi connectivity index (χ0n) is 11.1. The molecule has 2 N–H and O–H groups in total. The SMILES string of the molecule is CC(C)(C)n1cc(CNCCc2ncc[nH]2)nn1. The highest BCUT2D eigenvalue weighted by Gasteiger charge is 2.14. The van der Waals surface area contributed by atoms with Crippen molar-refractivity contribution >= 4 is 0 Å². The molecule has 0 radical (unpaired) electrons. The van der Waals surface area contributed by atoms with Gasteiger partial charge in [-0.25, -0.2) is 9.67 Å². The Labute approximate surface area is 107 Å². The molecule has 2 aromatic heterocycles. The van der Waals surface area contributed by atoms with Gasteiger partial charge in [-0.15, -0.1) is 5.10 Å². The number of rotatable bonds is 5. The second-order valence-corrected chi connectivity index (χ2v) is 5.29. The molecular weight excluding hydrogens is 228 g/mol. The number of aromatic amines is 1. The van der Waals surface area contributed by atoms with Gasteiger partial charge in [0.2, 0.25) is 0 Å². The largest absolute Gasteiger partial charge is 0.349 e. The van der Waals surface area contributed by atoms with E-state index in [9.17, 15) is 0 Å². The summed E-state index contributed by atoms with van der Waals surface area (Å²) in [7, 11) is 0. The topological polar surface area (TPSA) is 71.4 Å². The third-order valence-electron chi connectivity index (χ3n) is 2.63. The second-order valence-electron chi connectivity index (χ2n) is 5.29. The molecule has 0 unspecified atom stereocenters. The van der Waals surface area contributed by atoms with Gasteiger partial charge < -0.3 is 10.3 Å². The maximum absolute atomic E-state index is 4.17. The quantitative estimate of drug-likeness (QED) is 0.777. The average molecular weight is 248 g/mol. The van der Waals surface area contributed by atoms with Crippen LogP contribution in [0.25, 0.3) is 0 Å². The van der Waals surface area contributed by atoms with Gasteiger partial charge in [0, 0.05) is 31.9 Å². The maximum Gasteiger partial charge on any atom is 0.107 e. The molecule has 2 heterocycles. The minimum atomic E-state index is -0.0145. The first-order valence-electron chi connectivity index (χ1n) is 6.16. The first-order valence-corrected chi connectivity index (χ1v) is 6.16. The van der Waals surface area contributed by atoms with Crippen LogP contribution in [-0.2, 0) is 18.5 Å². The molecular formula is C12H20N6. The van der Waals surface area contributed by atoms with Gasteiger partial charge in [0.25, 0.3) is 0 Å². The van der Waals surface area contributed by atoms with Gasteiger partial charge in [0.05, 0.1) is 17.4 Å². The molecule has 0 atom stereocenters. The van der Waals surface area contributed by atoms with Crippen LogP contribution in [-0.4, -0.2) is 31.5 Å². The van der Waals surface area contributed by atoms with E-state index < -0.39 is 0 Å². The third kappa shape index (κ3) is 3.40. The summed E-state index contributed by atoms with van der Waals surface area (Å²) in [6, 6.07) is 0. The van der Waals surface area contributed by atoms with Crippen molar-refractivity contribution in [2.45, 2.75) is 39.3 Å². The maximum atomic E-state index is 4.17. The molecule has 98 valence electrons. The van der Waals surface area contributed by atoms with E-state index in [2.05, 4.69) is 46.4 Å². The Balaban J connectivity index is 1.75. The number of hydrogen-bond acceptors (Lipinski definition) is 4. The van der Waals surface area contributed by atoms with Gasteiger partial charge in [-0.3, -0.25) is 0 Å². The highest BCUT2D eigenvalue weighted by Crippen LogP contribution is 2.11. The zero-order valence-corrected chi connectivity index (χ0v) is 11.1. The standard InChI is InChI=1S/C12H20N6/c1-12(2,3)18-9-10(16-17-18)8-13-5-4-11-14-6-7-15-11/h6-7,9,13H,4-5,8H2,1-3H3,(H,14,15). The number of nitrogens with zero attached hydrogens (tertiary/aromatic N) is 4. The number of aromatic nitrogens is 5. The van der Waals surface area contributed by atoms with Crippen molar-refractivity contribution in [2.75, 3.05) is 6.54 Å². The van der Waals surface area contributed by atoms with Crippen molar-refractivity contribution in [3.05, 3.63) is 30.1 Å². The summed E-state index contributed by atoms with van der Waals surface area (Å²) >= 11 is 0. The molecule has 0 spiro atoms. The Morgan fingerprint density at radius 1 is 1.39 bits per heavy atom. The number of H-pyrrole nitrogens is 1. The lowest BCUT2D eigenvalue weighted by Crippen LogP contribution is -2.22. The lowest BCUT2D eigenvalue weighted by molar-refractivity contribution is 0.347. The highest BCUT2D eigenvalue weighted by molar-refractivity contribution is 4.94. The van der Waals surface area contributed by atoms with Crippen molar-refractivity contribution in [2.24, 2.45) is 0 Å². The molecule has 0 aliphatic heterocycles. The fraction of sp³-hybridized carbons (Fsp3) is 0.583. The van der Waals surface area contributed by atoms with Gasteiger partial charge in [-0.2, -0.15) is 0 Å². The molecule has 6 nitrogen and oxygen atoms in total. The molecule has 0 saturated heterocycles. The van der Waals surface area contributed by atoms with Crippen molar-refractivity contribution < 1.29 is 0 Å². The van der Waals surface area contributed by atoms with E-state index in [0.29, 0.717) is 0 Å². The lowest BCUT2D eigenvalue weighted by Gasteiger charge is -2.17. The molecule has 0 aliphatic rings. The summed E-state index contributed by atoms with van der Waals surface area (Å²) in [5, 5.41) is 11.6. The normalized spacial score (nSPS) is 11.9. The Hall–Kier alpha value is -1.69. The lowest BCUT2D eigenvalue weighted by atomic mass is 10.1. The Morgan fingerprint density at radius 2 is 2.22 bits per heavy atom. The average Bonchev–Trinajstić information content (AvgIpc) is 2.95. The zero-order chi connectivity index (χ0) is 13.0. The molecule has 0 saturated carbocycles. The molecule has 18 heavy (non-hydrogen) atoms. The molecule has 0 fully saturated rings. The van der Waals surface area contributed by atoms with Gasteiger partial charge in [-0.1, -0.05) is 5.21 Å². The number of imidazole rings is 1. The molecule has 2 rings (SSSR count). The summed E-state index contributed by atoms with van der Waals surface area (Å²) < 4.78 is 1.89. The van der Waals surface area contributed by atoms with E-state index in [-0.39, 0.29) is 5.54 Å². The molecule has 0 amide bonds. The van der Waals surface area contributed by atoms with Gasteiger partial charge >= 0.3 is 0 Å². The minimum absolute atomic E-state index is 0.0145. The van der Waals surface area contributed by atoms with Crippen molar-refractivity contribution in [1.29, 1.82) is 0 Å². The molecule has 0 bridgehead atoms. The van der Waals surface area contributed by atoms with E-state index in [0.717, 1.165) is 31.0 Å². The Morgan fingerprint density at radius 3 is 2.83 bits per heavy atom. The van der Waals surface area contributed by atoms with Crippen molar-refractivity contribution in [1.82, 2.24) is 30.3 Å². The number of hydrogen-bond donors (Lipinski definition) is 2. The van der Waals surface area contributed by atoms with Crippen LogP contribution in [0, 0.1) is 0 Å². The highest BCUT2D eigenvalue weighted by atomic mass is 15.4. The first-order chi connectivity index (χ1) is 8.55. The predicted octanol–water partition coefficient (Wildman–Crippen LogP) is 1.09. The summed E-state index contributed by atoms with van der Waals surface area (Å²) in [4.78, 5) is 7.25. The van der Waals surface area contributed by atoms with Crippen LogP contribution in [0.5, 0.6) is 0 Å². The summed E-state index contributed by atoms with van der Waals surface area (Å²) in [6.45, 7) is 7.92. The number of nitrogens with one attached hydrogen (secondary N) is 2. The Bertz CT molecular complexity index is 465. The molecule has 0 aromatic carbocycles. The minimum Gasteiger partial charge on any atom is -0.349 e.